The Hall–Kier alpha value is -3.77. The molecule has 0 saturated heterocycles. The van der Waals surface area contributed by atoms with Crippen molar-refractivity contribution in [2.24, 2.45) is 11.8 Å². The maximum Gasteiger partial charge on any atom is 0.243 e. The zero-order chi connectivity index (χ0) is 34.4. The van der Waals surface area contributed by atoms with Crippen molar-refractivity contribution in [1.29, 1.82) is 0 Å². The summed E-state index contributed by atoms with van der Waals surface area (Å²) in [6, 6.07) is 23.5. The zero-order valence-electron chi connectivity index (χ0n) is 28.1. The summed E-state index contributed by atoms with van der Waals surface area (Å²) in [4.78, 5) is 26.8. The highest BCUT2D eigenvalue weighted by Gasteiger charge is 2.34. The first kappa shape index (κ1) is 37.7. The van der Waals surface area contributed by atoms with Crippen molar-refractivity contribution in [3.63, 3.8) is 0 Å². The van der Waals surface area contributed by atoms with Crippen LogP contribution in [-0.4, -0.2) is 74.6 Å². The molecule has 0 heterocycles. The van der Waals surface area contributed by atoms with E-state index in [1.165, 1.54) is 23.5 Å². The van der Waals surface area contributed by atoms with Crippen LogP contribution in [0.15, 0.2) is 89.8 Å². The Morgan fingerprint density at radius 1 is 0.851 bits per heavy atom. The molecule has 0 radical (unpaired) electrons. The number of hydrogen-bond acceptors (Lipinski definition) is 7. The van der Waals surface area contributed by atoms with Crippen molar-refractivity contribution in [3.05, 3.63) is 96.1 Å². The fourth-order valence-electron chi connectivity index (χ4n) is 5.18. The first-order chi connectivity index (χ1) is 22.4. The molecule has 0 aliphatic rings. The number of carbonyl (C=O) groups is 2. The maximum atomic E-state index is 13.8. The minimum Gasteiger partial charge on any atom is -0.497 e. The first-order valence-corrected chi connectivity index (χ1v) is 17.6. The van der Waals surface area contributed by atoms with Crippen molar-refractivity contribution in [2.75, 3.05) is 26.7 Å². The number of aliphatic hydroxyl groups excluding tert-OH is 1. The van der Waals surface area contributed by atoms with E-state index in [1.807, 2.05) is 88.4 Å². The summed E-state index contributed by atoms with van der Waals surface area (Å²) in [5, 5.41) is 20.6. The molecule has 0 fully saturated rings. The third-order valence-electron chi connectivity index (χ3n) is 8.02. The van der Waals surface area contributed by atoms with Gasteiger partial charge >= 0.3 is 0 Å². The van der Waals surface area contributed by atoms with E-state index in [4.69, 9.17) is 4.74 Å². The van der Waals surface area contributed by atoms with Crippen LogP contribution in [0.1, 0.15) is 45.2 Å². The molecule has 3 aromatic rings. The standard InChI is InChI=1S/C36H50N4O6S/c1-6-27(4)35(39-34(42)23-37-22-29-15-11-8-12-16-29)36(43)38-32(21-28-13-9-7-10-14-28)33(41)25-40(24-26(2)3)47(44,45)31-19-17-30(46-5)18-20-31/h7-20,26-27,32-33,35,37,41H,6,21-25H2,1-5H3,(H,38,43)(H,39,42)/t27?,32-,33+,35-/m0/s1. The Kier molecular flexibility index (Phi) is 14.9. The molecule has 0 bridgehead atoms. The monoisotopic (exact) mass is 666 g/mol. The normalized spacial score (nSPS) is 14.3. The molecule has 4 atom stereocenters. The van der Waals surface area contributed by atoms with Gasteiger partial charge in [0.05, 0.1) is 30.7 Å². The van der Waals surface area contributed by atoms with Crippen LogP contribution in [-0.2, 0) is 32.6 Å². The third-order valence-corrected chi connectivity index (χ3v) is 9.86. The van der Waals surface area contributed by atoms with E-state index < -0.39 is 34.1 Å². The first-order valence-electron chi connectivity index (χ1n) is 16.1. The maximum absolute atomic E-state index is 13.8. The van der Waals surface area contributed by atoms with Crippen molar-refractivity contribution < 1.29 is 27.9 Å². The lowest BCUT2D eigenvalue weighted by Gasteiger charge is -2.32. The summed E-state index contributed by atoms with van der Waals surface area (Å²) in [5.74, 6) is -0.465. The van der Waals surface area contributed by atoms with Crippen molar-refractivity contribution >= 4 is 21.8 Å². The van der Waals surface area contributed by atoms with Gasteiger partial charge in [-0.05, 0) is 53.6 Å². The fourth-order valence-corrected chi connectivity index (χ4v) is 6.80. The lowest BCUT2D eigenvalue weighted by Crippen LogP contribution is -2.57. The van der Waals surface area contributed by atoms with Gasteiger partial charge in [-0.3, -0.25) is 9.59 Å². The number of nitrogens with zero attached hydrogens (tertiary/aromatic N) is 1. The lowest BCUT2D eigenvalue weighted by molar-refractivity contribution is -0.131. The molecule has 0 saturated carbocycles. The Labute approximate surface area is 280 Å². The van der Waals surface area contributed by atoms with E-state index in [-0.39, 0.29) is 48.7 Å². The van der Waals surface area contributed by atoms with Gasteiger partial charge in [0.25, 0.3) is 0 Å². The molecule has 47 heavy (non-hydrogen) atoms. The highest BCUT2D eigenvalue weighted by atomic mass is 32.2. The summed E-state index contributed by atoms with van der Waals surface area (Å²) in [6.07, 6.45) is -0.373. The van der Waals surface area contributed by atoms with Gasteiger partial charge in [-0.1, -0.05) is 94.8 Å². The van der Waals surface area contributed by atoms with E-state index in [9.17, 15) is 23.1 Å². The molecular formula is C36H50N4O6S. The van der Waals surface area contributed by atoms with Crippen LogP contribution in [0.5, 0.6) is 5.75 Å². The average molecular weight is 667 g/mol. The molecule has 0 aliphatic carbocycles. The van der Waals surface area contributed by atoms with Gasteiger partial charge in [0.15, 0.2) is 0 Å². The number of rotatable bonds is 19. The van der Waals surface area contributed by atoms with Crippen molar-refractivity contribution in [1.82, 2.24) is 20.3 Å². The Balaban J connectivity index is 1.80. The van der Waals surface area contributed by atoms with Gasteiger partial charge < -0.3 is 25.8 Å². The summed E-state index contributed by atoms with van der Waals surface area (Å²) in [7, 11) is -2.48. The number of nitrogens with one attached hydrogen (secondary N) is 3. The van der Waals surface area contributed by atoms with Crippen LogP contribution in [0.4, 0.5) is 0 Å². The minimum atomic E-state index is -3.99. The van der Waals surface area contributed by atoms with Crippen LogP contribution < -0.4 is 20.7 Å². The molecule has 3 aromatic carbocycles. The van der Waals surface area contributed by atoms with E-state index >= 15 is 0 Å². The smallest absolute Gasteiger partial charge is 0.243 e. The molecule has 11 heteroatoms. The highest BCUT2D eigenvalue weighted by molar-refractivity contribution is 7.89. The Morgan fingerprint density at radius 2 is 1.45 bits per heavy atom. The predicted octanol–water partition coefficient (Wildman–Crippen LogP) is 3.75. The topological polar surface area (TPSA) is 137 Å². The third kappa shape index (κ3) is 11.8. The second kappa shape index (κ2) is 18.5. The highest BCUT2D eigenvalue weighted by Crippen LogP contribution is 2.22. The van der Waals surface area contributed by atoms with Gasteiger partial charge in [-0.15, -0.1) is 0 Å². The quantitative estimate of drug-likeness (QED) is 0.153. The molecule has 0 aliphatic heterocycles. The van der Waals surface area contributed by atoms with Crippen LogP contribution >= 0.6 is 0 Å². The molecule has 2 amide bonds. The average Bonchev–Trinajstić information content (AvgIpc) is 3.06. The summed E-state index contributed by atoms with van der Waals surface area (Å²) < 4.78 is 34.0. The summed E-state index contributed by atoms with van der Waals surface area (Å²) in [6.45, 7) is 8.09. The van der Waals surface area contributed by atoms with Crippen molar-refractivity contribution in [3.8, 4) is 5.75 Å². The molecule has 256 valence electrons. The summed E-state index contributed by atoms with van der Waals surface area (Å²) in [5.41, 5.74) is 1.90. The lowest BCUT2D eigenvalue weighted by atomic mass is 9.96. The molecule has 0 aromatic heterocycles. The molecular weight excluding hydrogens is 616 g/mol. The second-order valence-electron chi connectivity index (χ2n) is 12.3. The van der Waals surface area contributed by atoms with Gasteiger partial charge in [0, 0.05) is 19.6 Å². The number of sulfonamides is 1. The van der Waals surface area contributed by atoms with E-state index in [2.05, 4.69) is 16.0 Å². The van der Waals surface area contributed by atoms with Gasteiger partial charge in [-0.2, -0.15) is 4.31 Å². The number of aliphatic hydroxyl groups is 1. The second-order valence-corrected chi connectivity index (χ2v) is 14.2. The van der Waals surface area contributed by atoms with Crippen LogP contribution in [0.25, 0.3) is 0 Å². The summed E-state index contributed by atoms with van der Waals surface area (Å²) >= 11 is 0. The molecule has 1 unspecified atom stereocenters. The number of methoxy groups -OCH3 is 1. The number of hydrogen-bond donors (Lipinski definition) is 4. The molecule has 10 nitrogen and oxygen atoms in total. The molecule has 0 spiro atoms. The number of amides is 2. The van der Waals surface area contributed by atoms with Gasteiger partial charge in [0.2, 0.25) is 21.8 Å². The number of carbonyl (C=O) groups excluding carboxylic acids is 2. The molecule has 4 N–H and O–H groups in total. The Bertz CT molecular complexity index is 1490. The zero-order valence-corrected chi connectivity index (χ0v) is 28.9. The predicted molar refractivity (Wildman–Crippen MR) is 184 cm³/mol. The van der Waals surface area contributed by atoms with Crippen LogP contribution in [0.2, 0.25) is 0 Å². The van der Waals surface area contributed by atoms with E-state index in [1.54, 1.807) is 12.1 Å². The molecule has 3 rings (SSSR count). The minimum absolute atomic E-state index is 0.0263. The van der Waals surface area contributed by atoms with Crippen molar-refractivity contribution in [2.45, 2.75) is 70.2 Å². The van der Waals surface area contributed by atoms with Gasteiger partial charge in [-0.25, -0.2) is 8.42 Å². The van der Waals surface area contributed by atoms with E-state index in [0.29, 0.717) is 18.7 Å². The Morgan fingerprint density at radius 3 is 2.00 bits per heavy atom. The SMILES string of the molecule is CCC(C)[C@H](NC(=O)CNCc1ccccc1)C(=O)N[C@@H](Cc1ccccc1)[C@H](O)CN(CC(C)C)S(=O)(=O)c1ccc(OC)cc1. The van der Waals surface area contributed by atoms with E-state index in [0.717, 1.165) is 11.1 Å². The fraction of sp³-hybridized carbons (Fsp3) is 0.444. The van der Waals surface area contributed by atoms with Gasteiger partial charge in [0.1, 0.15) is 11.8 Å². The van der Waals surface area contributed by atoms with Crippen LogP contribution in [0.3, 0.4) is 0 Å². The number of benzene rings is 3. The number of ether oxygens (including phenoxy) is 1. The van der Waals surface area contributed by atoms with Crippen LogP contribution in [0, 0.1) is 11.8 Å². The largest absolute Gasteiger partial charge is 0.497 e.